The van der Waals surface area contributed by atoms with Crippen molar-refractivity contribution >= 4 is 0 Å². The molecule has 2 heteroatoms. The maximum atomic E-state index is 9.49. The zero-order valence-corrected chi connectivity index (χ0v) is 11.9. The van der Waals surface area contributed by atoms with Crippen molar-refractivity contribution in [2.75, 3.05) is 0 Å². The molecule has 1 N–H and O–H groups in total. The van der Waals surface area contributed by atoms with Crippen molar-refractivity contribution in [2.24, 2.45) is 0 Å². The topological polar surface area (TPSA) is 35.8 Å². The van der Waals surface area contributed by atoms with Crippen LogP contribution in [0.25, 0.3) is 0 Å². The van der Waals surface area contributed by atoms with Crippen LogP contribution in [0.15, 0.2) is 24.3 Å². The van der Waals surface area contributed by atoms with E-state index in [0.29, 0.717) is 6.04 Å². The van der Waals surface area contributed by atoms with Gasteiger partial charge in [0.15, 0.2) is 0 Å². The van der Waals surface area contributed by atoms with E-state index >= 15 is 0 Å². The number of nitriles is 1. The molecular weight excluding hydrogens is 232 g/mol. The number of hydrogen-bond acceptors (Lipinski definition) is 2. The summed E-state index contributed by atoms with van der Waals surface area (Å²) < 4.78 is 0. The molecule has 0 aromatic heterocycles. The summed E-state index contributed by atoms with van der Waals surface area (Å²) in [5.41, 5.74) is 2.45. The predicted molar refractivity (Wildman–Crippen MR) is 78.8 cm³/mol. The summed E-state index contributed by atoms with van der Waals surface area (Å²) in [5.74, 6) is 0. The molecule has 2 nitrogen and oxygen atoms in total. The van der Waals surface area contributed by atoms with E-state index in [2.05, 4.69) is 36.5 Å². The van der Waals surface area contributed by atoms with Gasteiger partial charge in [0, 0.05) is 6.04 Å². The quantitative estimate of drug-likeness (QED) is 0.822. The molecule has 0 amide bonds. The Balaban J connectivity index is 2.09. The second-order valence-electron chi connectivity index (χ2n) is 5.47. The number of benzene rings is 1. The molecule has 19 heavy (non-hydrogen) atoms. The molecule has 1 fully saturated rings. The molecule has 1 atom stereocenters. The van der Waals surface area contributed by atoms with E-state index < -0.39 is 0 Å². The zero-order valence-electron chi connectivity index (χ0n) is 11.9. The fraction of sp³-hybridized carbons (Fsp3) is 0.588. The minimum Gasteiger partial charge on any atom is -0.295 e. The van der Waals surface area contributed by atoms with Crippen molar-refractivity contribution in [3.63, 3.8) is 0 Å². The molecule has 1 aliphatic carbocycles. The van der Waals surface area contributed by atoms with E-state index in [0.717, 1.165) is 12.0 Å². The highest BCUT2D eigenvalue weighted by Crippen LogP contribution is 2.23. The maximum absolute atomic E-state index is 9.49. The van der Waals surface area contributed by atoms with Crippen molar-refractivity contribution in [3.05, 3.63) is 35.4 Å². The molecule has 0 bridgehead atoms. The fourth-order valence-corrected chi connectivity index (χ4v) is 3.02. The van der Waals surface area contributed by atoms with Crippen LogP contribution < -0.4 is 5.32 Å². The molecule has 102 valence electrons. The van der Waals surface area contributed by atoms with E-state index in [1.807, 2.05) is 6.07 Å². The highest BCUT2D eigenvalue weighted by atomic mass is 14.9. The Morgan fingerprint density at radius 3 is 2.53 bits per heavy atom. The SMILES string of the molecule is CCc1ccccc1C(C#N)NC1CCCCCC1. The number of rotatable bonds is 4. The van der Waals surface area contributed by atoms with Crippen molar-refractivity contribution in [1.82, 2.24) is 5.32 Å². The number of hydrogen-bond donors (Lipinski definition) is 1. The lowest BCUT2D eigenvalue weighted by atomic mass is 9.97. The van der Waals surface area contributed by atoms with Crippen LogP contribution in [0.2, 0.25) is 0 Å². The van der Waals surface area contributed by atoms with E-state index in [1.165, 1.54) is 44.1 Å². The smallest absolute Gasteiger partial charge is 0.121 e. The lowest BCUT2D eigenvalue weighted by molar-refractivity contribution is 0.435. The molecule has 0 radical (unpaired) electrons. The molecule has 0 aliphatic heterocycles. The van der Waals surface area contributed by atoms with Crippen molar-refractivity contribution in [1.29, 1.82) is 5.26 Å². The van der Waals surface area contributed by atoms with E-state index in [1.54, 1.807) is 0 Å². The van der Waals surface area contributed by atoms with Gasteiger partial charge in [-0.25, -0.2) is 0 Å². The maximum Gasteiger partial charge on any atom is 0.121 e. The molecular formula is C17H24N2. The Labute approximate surface area is 116 Å². The molecule has 0 saturated heterocycles. The largest absolute Gasteiger partial charge is 0.295 e. The highest BCUT2D eigenvalue weighted by Gasteiger charge is 2.19. The van der Waals surface area contributed by atoms with Crippen LogP contribution in [-0.2, 0) is 6.42 Å². The minimum atomic E-state index is -0.153. The van der Waals surface area contributed by atoms with Gasteiger partial charge in [0.1, 0.15) is 6.04 Å². The Bertz CT molecular complexity index is 425. The summed E-state index contributed by atoms with van der Waals surface area (Å²) in [6.45, 7) is 2.15. The molecule has 0 spiro atoms. The van der Waals surface area contributed by atoms with Gasteiger partial charge in [-0.15, -0.1) is 0 Å². The van der Waals surface area contributed by atoms with Crippen LogP contribution in [0.1, 0.15) is 62.6 Å². The van der Waals surface area contributed by atoms with Gasteiger partial charge in [0.25, 0.3) is 0 Å². The summed E-state index contributed by atoms with van der Waals surface area (Å²) in [6, 6.07) is 11.1. The van der Waals surface area contributed by atoms with Crippen LogP contribution in [-0.4, -0.2) is 6.04 Å². The van der Waals surface area contributed by atoms with Gasteiger partial charge in [0.05, 0.1) is 6.07 Å². The van der Waals surface area contributed by atoms with Gasteiger partial charge in [-0.05, 0) is 30.4 Å². The first kappa shape index (κ1) is 14.1. The third kappa shape index (κ3) is 3.81. The molecule has 1 aromatic carbocycles. The van der Waals surface area contributed by atoms with Crippen molar-refractivity contribution < 1.29 is 0 Å². The second kappa shape index (κ2) is 7.31. The summed E-state index contributed by atoms with van der Waals surface area (Å²) in [6.07, 6.45) is 8.71. The van der Waals surface area contributed by atoms with Crippen molar-refractivity contribution in [3.8, 4) is 6.07 Å². The average molecular weight is 256 g/mol. The van der Waals surface area contributed by atoms with E-state index in [-0.39, 0.29) is 6.04 Å². The molecule has 0 heterocycles. The lowest BCUT2D eigenvalue weighted by Crippen LogP contribution is -2.32. The summed E-state index contributed by atoms with van der Waals surface area (Å²) in [5, 5.41) is 13.1. The molecule has 1 unspecified atom stereocenters. The highest BCUT2D eigenvalue weighted by molar-refractivity contribution is 5.33. The molecule has 2 rings (SSSR count). The van der Waals surface area contributed by atoms with Gasteiger partial charge >= 0.3 is 0 Å². The van der Waals surface area contributed by atoms with Gasteiger partial charge in [-0.2, -0.15) is 5.26 Å². The van der Waals surface area contributed by atoms with Gasteiger partial charge in [0.2, 0.25) is 0 Å². The lowest BCUT2D eigenvalue weighted by Gasteiger charge is -2.22. The van der Waals surface area contributed by atoms with Gasteiger partial charge < -0.3 is 0 Å². The van der Waals surface area contributed by atoms with Crippen LogP contribution >= 0.6 is 0 Å². The first-order valence-electron chi connectivity index (χ1n) is 7.58. The number of nitrogens with one attached hydrogen (secondary N) is 1. The summed E-state index contributed by atoms with van der Waals surface area (Å²) in [4.78, 5) is 0. The van der Waals surface area contributed by atoms with Crippen LogP contribution in [0, 0.1) is 11.3 Å². The Hall–Kier alpha value is -1.33. The Morgan fingerprint density at radius 2 is 1.89 bits per heavy atom. The van der Waals surface area contributed by atoms with Crippen LogP contribution in [0.5, 0.6) is 0 Å². The summed E-state index contributed by atoms with van der Waals surface area (Å²) >= 11 is 0. The fourth-order valence-electron chi connectivity index (χ4n) is 3.02. The molecule has 1 aliphatic rings. The number of aryl methyl sites for hydroxylation is 1. The summed E-state index contributed by atoms with van der Waals surface area (Å²) in [7, 11) is 0. The molecule has 1 saturated carbocycles. The van der Waals surface area contributed by atoms with E-state index in [4.69, 9.17) is 0 Å². The Kier molecular flexibility index (Phi) is 5.42. The minimum absolute atomic E-state index is 0.153. The number of nitrogens with zero attached hydrogens (tertiary/aromatic N) is 1. The predicted octanol–water partition coefficient (Wildman–Crippen LogP) is 4.13. The third-order valence-corrected chi connectivity index (χ3v) is 4.13. The molecule has 1 aromatic rings. The normalized spacial score (nSPS) is 18.5. The van der Waals surface area contributed by atoms with Crippen LogP contribution in [0.3, 0.4) is 0 Å². The monoisotopic (exact) mass is 256 g/mol. The van der Waals surface area contributed by atoms with E-state index in [9.17, 15) is 5.26 Å². The second-order valence-corrected chi connectivity index (χ2v) is 5.47. The Morgan fingerprint density at radius 1 is 1.21 bits per heavy atom. The standard InChI is InChI=1S/C17H24N2/c1-2-14-9-7-8-12-16(14)17(13-18)19-15-10-5-3-4-6-11-15/h7-9,12,15,17,19H,2-6,10-11H2,1H3. The van der Waals surface area contributed by atoms with Gasteiger partial charge in [-0.1, -0.05) is 56.9 Å². The first-order valence-corrected chi connectivity index (χ1v) is 7.58. The third-order valence-electron chi connectivity index (χ3n) is 4.13. The average Bonchev–Trinajstić information content (AvgIpc) is 2.73. The zero-order chi connectivity index (χ0) is 13.5. The van der Waals surface area contributed by atoms with Gasteiger partial charge in [-0.3, -0.25) is 5.32 Å². The first-order chi connectivity index (χ1) is 9.35. The van der Waals surface area contributed by atoms with Crippen LogP contribution in [0.4, 0.5) is 0 Å². The van der Waals surface area contributed by atoms with Crippen molar-refractivity contribution in [2.45, 2.75) is 64.0 Å².